The normalized spacial score (nSPS) is 13.0. The van der Waals surface area contributed by atoms with Gasteiger partial charge < -0.3 is 14.2 Å². The maximum Gasteiger partial charge on any atom is 0.306 e. The molecule has 0 aliphatic heterocycles. The Morgan fingerprint density at radius 2 is 0.614 bits per heavy atom. The molecule has 0 saturated carbocycles. The molecule has 0 heterocycles. The second kappa shape index (κ2) is 44.0. The van der Waals surface area contributed by atoms with E-state index in [-0.39, 0.29) is 31.1 Å². The van der Waals surface area contributed by atoms with E-state index in [4.69, 9.17) is 14.2 Å². The predicted molar refractivity (Wildman–Crippen MR) is 243 cm³/mol. The molecule has 2 unspecified atom stereocenters. The smallest absolute Gasteiger partial charge is 0.306 e. The second-order valence-electron chi connectivity index (χ2n) is 17.9. The monoisotopic (exact) mass is 807 g/mol. The first-order valence-corrected chi connectivity index (χ1v) is 25.3. The molecule has 0 fully saturated rings. The van der Waals surface area contributed by atoms with Gasteiger partial charge in [0.25, 0.3) is 0 Å². The van der Waals surface area contributed by atoms with Crippen LogP contribution < -0.4 is 0 Å². The van der Waals surface area contributed by atoms with Gasteiger partial charge in [-0.2, -0.15) is 0 Å². The average molecular weight is 807 g/mol. The summed E-state index contributed by atoms with van der Waals surface area (Å²) in [5.74, 6) is 0.840. The van der Waals surface area contributed by atoms with E-state index < -0.39 is 6.10 Å². The summed E-state index contributed by atoms with van der Waals surface area (Å²) in [5.41, 5.74) is 0. The fourth-order valence-corrected chi connectivity index (χ4v) is 7.57. The summed E-state index contributed by atoms with van der Waals surface area (Å²) >= 11 is 0. The Morgan fingerprint density at radius 1 is 0.351 bits per heavy atom. The zero-order valence-electron chi connectivity index (χ0n) is 39.0. The minimum Gasteiger partial charge on any atom is -0.462 e. The van der Waals surface area contributed by atoms with Crippen LogP contribution >= 0.6 is 0 Å². The Morgan fingerprint density at radius 3 is 0.912 bits per heavy atom. The molecule has 338 valence electrons. The Hall–Kier alpha value is -1.59. The maximum atomic E-state index is 12.8. The summed E-state index contributed by atoms with van der Waals surface area (Å²) in [6.07, 6.45) is 43.6. The summed E-state index contributed by atoms with van der Waals surface area (Å²) in [6.45, 7) is 11.4. The van der Waals surface area contributed by atoms with Crippen molar-refractivity contribution in [2.75, 3.05) is 13.2 Å². The van der Waals surface area contributed by atoms with E-state index in [0.29, 0.717) is 19.3 Å². The van der Waals surface area contributed by atoms with E-state index >= 15 is 0 Å². The molecule has 0 saturated heterocycles. The van der Waals surface area contributed by atoms with Gasteiger partial charge in [-0.3, -0.25) is 14.4 Å². The van der Waals surface area contributed by atoms with Gasteiger partial charge in [-0.25, -0.2) is 0 Å². The third-order valence-electron chi connectivity index (χ3n) is 12.2. The van der Waals surface area contributed by atoms with Crippen molar-refractivity contribution >= 4 is 17.9 Å². The van der Waals surface area contributed by atoms with E-state index in [2.05, 4.69) is 34.6 Å². The molecular formula is C51H98O6. The highest BCUT2D eigenvalue weighted by Crippen LogP contribution is 2.18. The van der Waals surface area contributed by atoms with Crippen LogP contribution in [-0.2, 0) is 28.6 Å². The van der Waals surface area contributed by atoms with Gasteiger partial charge in [0.1, 0.15) is 13.2 Å². The number of hydrogen-bond acceptors (Lipinski definition) is 6. The molecule has 0 radical (unpaired) electrons. The summed E-state index contributed by atoms with van der Waals surface area (Å²) in [4.78, 5) is 37.9. The first-order chi connectivity index (χ1) is 27.8. The molecule has 6 nitrogen and oxygen atoms in total. The number of hydrogen-bond donors (Lipinski definition) is 0. The fourth-order valence-electron chi connectivity index (χ4n) is 7.57. The molecule has 0 aliphatic carbocycles. The fraction of sp³-hybridized carbons (Fsp3) is 0.941. The highest BCUT2D eigenvalue weighted by atomic mass is 16.6. The van der Waals surface area contributed by atoms with Crippen molar-refractivity contribution in [3.8, 4) is 0 Å². The minimum atomic E-state index is -0.762. The Bertz CT molecular complexity index is 874. The van der Waals surface area contributed by atoms with Gasteiger partial charge in [-0.1, -0.05) is 240 Å². The van der Waals surface area contributed by atoms with Gasteiger partial charge in [0.15, 0.2) is 6.10 Å². The number of carbonyl (C=O) groups is 3. The van der Waals surface area contributed by atoms with E-state index in [9.17, 15) is 14.4 Å². The van der Waals surface area contributed by atoms with Crippen molar-refractivity contribution in [2.24, 2.45) is 11.8 Å². The lowest BCUT2D eigenvalue weighted by molar-refractivity contribution is -0.167. The highest BCUT2D eigenvalue weighted by Gasteiger charge is 2.19. The largest absolute Gasteiger partial charge is 0.462 e. The third kappa shape index (κ3) is 42.3. The van der Waals surface area contributed by atoms with Crippen molar-refractivity contribution < 1.29 is 28.6 Å². The van der Waals surface area contributed by atoms with Crippen LogP contribution in [0.1, 0.15) is 279 Å². The number of esters is 3. The zero-order valence-corrected chi connectivity index (χ0v) is 39.0. The van der Waals surface area contributed by atoms with E-state index in [1.165, 1.54) is 167 Å². The van der Waals surface area contributed by atoms with E-state index in [0.717, 1.165) is 69.6 Å². The van der Waals surface area contributed by atoms with Gasteiger partial charge in [0.2, 0.25) is 0 Å². The van der Waals surface area contributed by atoms with Crippen LogP contribution in [0.4, 0.5) is 0 Å². The molecule has 0 spiro atoms. The topological polar surface area (TPSA) is 78.9 Å². The zero-order chi connectivity index (χ0) is 41.9. The molecule has 57 heavy (non-hydrogen) atoms. The Kier molecular flexibility index (Phi) is 42.7. The third-order valence-corrected chi connectivity index (χ3v) is 12.2. The molecule has 0 aliphatic rings. The van der Waals surface area contributed by atoms with Crippen LogP contribution in [0, 0.1) is 11.8 Å². The molecule has 0 aromatic heterocycles. The van der Waals surface area contributed by atoms with Crippen molar-refractivity contribution in [3.63, 3.8) is 0 Å². The molecule has 0 aromatic carbocycles. The van der Waals surface area contributed by atoms with Crippen LogP contribution in [-0.4, -0.2) is 37.2 Å². The summed E-state index contributed by atoms with van der Waals surface area (Å²) < 4.78 is 16.8. The van der Waals surface area contributed by atoms with Crippen molar-refractivity contribution in [2.45, 2.75) is 285 Å². The lowest BCUT2D eigenvalue weighted by Crippen LogP contribution is -2.30. The van der Waals surface area contributed by atoms with Gasteiger partial charge in [-0.15, -0.1) is 0 Å². The highest BCUT2D eigenvalue weighted by molar-refractivity contribution is 5.71. The van der Waals surface area contributed by atoms with Gasteiger partial charge in [0.05, 0.1) is 0 Å². The van der Waals surface area contributed by atoms with Crippen LogP contribution in [0.3, 0.4) is 0 Å². The summed E-state index contributed by atoms with van der Waals surface area (Å²) in [5, 5.41) is 0. The molecule has 0 aromatic rings. The molecule has 6 heteroatoms. The number of ether oxygens (including phenoxy) is 3. The van der Waals surface area contributed by atoms with Crippen molar-refractivity contribution in [3.05, 3.63) is 0 Å². The molecule has 0 rings (SSSR count). The first kappa shape index (κ1) is 55.4. The summed E-state index contributed by atoms with van der Waals surface area (Å²) in [6, 6.07) is 0. The van der Waals surface area contributed by atoms with E-state index in [1.807, 2.05) is 0 Å². The first-order valence-electron chi connectivity index (χ1n) is 25.3. The predicted octanol–water partition coefficient (Wildman–Crippen LogP) is 16.1. The van der Waals surface area contributed by atoms with Crippen LogP contribution in [0.5, 0.6) is 0 Å². The number of rotatable bonds is 45. The van der Waals surface area contributed by atoms with Gasteiger partial charge >= 0.3 is 17.9 Å². The summed E-state index contributed by atoms with van der Waals surface area (Å²) in [7, 11) is 0. The molecule has 0 N–H and O–H groups in total. The van der Waals surface area contributed by atoms with Gasteiger partial charge in [-0.05, 0) is 31.1 Å². The van der Waals surface area contributed by atoms with Crippen LogP contribution in [0.25, 0.3) is 0 Å². The average Bonchev–Trinajstić information content (AvgIpc) is 3.21. The quantitative estimate of drug-likeness (QED) is 0.0346. The van der Waals surface area contributed by atoms with Crippen molar-refractivity contribution in [1.29, 1.82) is 0 Å². The molecule has 0 bridgehead atoms. The minimum absolute atomic E-state index is 0.0645. The Labute approximate surface area is 355 Å². The molecule has 3 atom stereocenters. The van der Waals surface area contributed by atoms with Gasteiger partial charge in [0, 0.05) is 19.3 Å². The second-order valence-corrected chi connectivity index (χ2v) is 17.9. The molecular weight excluding hydrogens is 709 g/mol. The standard InChI is InChI=1S/C51H98O6/c1-6-9-10-11-12-13-14-15-16-17-18-19-26-31-36-41-49(52)55-44-48(57-51(54)43-38-33-28-23-21-25-30-35-40-47(5)8-3)45-56-50(53)42-37-32-27-22-20-24-29-34-39-46(4)7-2/h46-48H,6-45H2,1-5H3/t46?,47?,48-/m1/s1. The van der Waals surface area contributed by atoms with Crippen LogP contribution in [0.2, 0.25) is 0 Å². The lowest BCUT2D eigenvalue weighted by Gasteiger charge is -2.18. The SMILES string of the molecule is CCCCCCCCCCCCCCCCCC(=O)OC[C@H](COC(=O)CCCCCCCCCCC(C)CC)OC(=O)CCCCCCCCCCC(C)CC. The number of unbranched alkanes of at least 4 members (excludes halogenated alkanes) is 28. The lowest BCUT2D eigenvalue weighted by atomic mass is 9.99. The van der Waals surface area contributed by atoms with Crippen LogP contribution in [0.15, 0.2) is 0 Å². The van der Waals surface area contributed by atoms with E-state index in [1.54, 1.807) is 0 Å². The van der Waals surface area contributed by atoms with Crippen molar-refractivity contribution in [1.82, 2.24) is 0 Å². The molecule has 0 amide bonds. The Balaban J connectivity index is 4.33. The number of carbonyl (C=O) groups excluding carboxylic acids is 3. The maximum absolute atomic E-state index is 12.8.